The molecule has 0 amide bonds. The highest BCUT2D eigenvalue weighted by Crippen LogP contribution is 2.24. The van der Waals surface area contributed by atoms with E-state index in [0.717, 1.165) is 4.47 Å². The van der Waals surface area contributed by atoms with Crippen LogP contribution in [0.25, 0.3) is 16.5 Å². The number of aromatic nitrogens is 1. The van der Waals surface area contributed by atoms with Gasteiger partial charge in [0.15, 0.2) is 0 Å². The minimum Gasteiger partial charge on any atom is -0.384 e. The summed E-state index contributed by atoms with van der Waals surface area (Å²) in [5, 5.41) is 10.4. The van der Waals surface area contributed by atoms with E-state index in [2.05, 4.69) is 22.0 Å². The van der Waals surface area contributed by atoms with E-state index in [0.29, 0.717) is 22.0 Å². The molecule has 0 atom stereocenters. The van der Waals surface area contributed by atoms with Crippen LogP contribution in [0.15, 0.2) is 57.8 Å². The number of halogens is 1. The lowest BCUT2D eigenvalue weighted by Crippen LogP contribution is -2.23. The normalized spacial score (nSPS) is 10.5. The van der Waals surface area contributed by atoms with Crippen molar-refractivity contribution in [3.63, 3.8) is 0 Å². The van der Waals surface area contributed by atoms with Crippen LogP contribution >= 0.6 is 15.9 Å². The molecule has 0 spiro atoms. The Balaban J connectivity index is 2.50. The van der Waals surface area contributed by atoms with Gasteiger partial charge in [-0.25, -0.2) is 0 Å². The van der Waals surface area contributed by atoms with E-state index in [9.17, 15) is 10.1 Å². The van der Waals surface area contributed by atoms with E-state index in [1.54, 1.807) is 36.4 Å². The van der Waals surface area contributed by atoms with Crippen molar-refractivity contribution < 1.29 is 0 Å². The number of rotatable bonds is 1. The van der Waals surface area contributed by atoms with Crippen molar-refractivity contribution in [2.45, 2.75) is 0 Å². The van der Waals surface area contributed by atoms with Crippen LogP contribution in [0, 0.1) is 11.3 Å². The maximum atomic E-state index is 12.7. The zero-order chi connectivity index (χ0) is 15.0. The van der Waals surface area contributed by atoms with E-state index in [-0.39, 0.29) is 11.4 Å². The molecule has 0 unspecified atom stereocenters. The first-order valence-electron chi connectivity index (χ1n) is 6.22. The monoisotopic (exact) mass is 339 g/mol. The zero-order valence-corrected chi connectivity index (χ0v) is 12.5. The molecule has 0 aliphatic rings. The van der Waals surface area contributed by atoms with Gasteiger partial charge in [0.2, 0.25) is 0 Å². The molecule has 5 heteroatoms. The molecule has 0 saturated carbocycles. The summed E-state index contributed by atoms with van der Waals surface area (Å²) in [5.74, 6) is 0.152. The maximum absolute atomic E-state index is 12.7. The summed E-state index contributed by atoms with van der Waals surface area (Å²) in [5.41, 5.74) is 6.76. The Morgan fingerprint density at radius 1 is 1.10 bits per heavy atom. The quantitative estimate of drug-likeness (QED) is 0.739. The number of nitrogens with zero attached hydrogens (tertiary/aromatic N) is 2. The van der Waals surface area contributed by atoms with Gasteiger partial charge in [-0.3, -0.25) is 9.36 Å². The molecule has 0 bridgehead atoms. The summed E-state index contributed by atoms with van der Waals surface area (Å²) in [4.78, 5) is 12.7. The number of nitriles is 1. The molecule has 21 heavy (non-hydrogen) atoms. The number of nitrogen functional groups attached to an aromatic ring is 1. The third kappa shape index (κ3) is 2.10. The fourth-order valence-electron chi connectivity index (χ4n) is 2.36. The molecule has 0 radical (unpaired) electrons. The summed E-state index contributed by atoms with van der Waals surface area (Å²) in [6.07, 6.45) is 0. The molecule has 0 aliphatic carbocycles. The summed E-state index contributed by atoms with van der Waals surface area (Å²) >= 11 is 3.37. The third-order valence-corrected chi connectivity index (χ3v) is 3.80. The topological polar surface area (TPSA) is 71.8 Å². The predicted octanol–water partition coefficient (Wildman–Crippen LogP) is 3.21. The average molecular weight is 340 g/mol. The van der Waals surface area contributed by atoms with Gasteiger partial charge in [-0.2, -0.15) is 5.26 Å². The first-order chi connectivity index (χ1) is 10.1. The van der Waals surface area contributed by atoms with E-state index in [4.69, 9.17) is 5.73 Å². The van der Waals surface area contributed by atoms with E-state index >= 15 is 0 Å². The second-order valence-corrected chi connectivity index (χ2v) is 5.45. The van der Waals surface area contributed by atoms with Gasteiger partial charge in [0.1, 0.15) is 17.5 Å². The summed E-state index contributed by atoms with van der Waals surface area (Å²) < 4.78 is 2.20. The lowest BCUT2D eigenvalue weighted by Gasteiger charge is -2.13. The maximum Gasteiger partial charge on any atom is 0.264 e. The van der Waals surface area contributed by atoms with Gasteiger partial charge in [-0.15, -0.1) is 0 Å². The zero-order valence-electron chi connectivity index (χ0n) is 10.9. The second-order valence-electron chi connectivity index (χ2n) is 4.54. The van der Waals surface area contributed by atoms with Crippen molar-refractivity contribution in [3.8, 4) is 11.8 Å². The Morgan fingerprint density at radius 3 is 2.48 bits per heavy atom. The molecular weight excluding hydrogens is 330 g/mol. The summed E-state index contributed by atoms with van der Waals surface area (Å²) in [6.45, 7) is 0. The standard InChI is InChI=1S/C16H10BrN3O/c17-10-4-3-5-11(8-10)20-15(19)14(9-18)12-6-1-2-7-13(12)16(20)21/h1-8H,19H2. The van der Waals surface area contributed by atoms with Crippen LogP contribution in [0.3, 0.4) is 0 Å². The van der Waals surface area contributed by atoms with Crippen molar-refractivity contribution in [2.75, 3.05) is 5.73 Å². The number of hydrogen-bond acceptors (Lipinski definition) is 3. The van der Waals surface area contributed by atoms with Crippen LogP contribution in [-0.2, 0) is 0 Å². The van der Waals surface area contributed by atoms with Crippen LogP contribution in [0.2, 0.25) is 0 Å². The number of benzene rings is 2. The molecule has 3 aromatic rings. The van der Waals surface area contributed by atoms with Crippen LogP contribution in [0.4, 0.5) is 5.82 Å². The Morgan fingerprint density at radius 2 is 1.81 bits per heavy atom. The van der Waals surface area contributed by atoms with Gasteiger partial charge < -0.3 is 5.73 Å². The minimum atomic E-state index is -0.236. The molecular formula is C16H10BrN3O. The first kappa shape index (κ1) is 13.4. The Hall–Kier alpha value is -2.58. The third-order valence-electron chi connectivity index (χ3n) is 3.31. The van der Waals surface area contributed by atoms with E-state index in [1.165, 1.54) is 4.57 Å². The average Bonchev–Trinajstić information content (AvgIpc) is 2.48. The molecule has 0 saturated heterocycles. The predicted molar refractivity (Wildman–Crippen MR) is 86.4 cm³/mol. The van der Waals surface area contributed by atoms with Crippen LogP contribution < -0.4 is 11.3 Å². The molecule has 1 heterocycles. The Kier molecular flexibility index (Phi) is 3.24. The van der Waals surface area contributed by atoms with Crippen molar-refractivity contribution in [3.05, 3.63) is 68.9 Å². The fraction of sp³-hybridized carbons (Fsp3) is 0. The smallest absolute Gasteiger partial charge is 0.264 e. The van der Waals surface area contributed by atoms with Gasteiger partial charge in [-0.1, -0.05) is 40.2 Å². The van der Waals surface area contributed by atoms with Crippen LogP contribution in [-0.4, -0.2) is 4.57 Å². The molecule has 0 aliphatic heterocycles. The number of pyridine rings is 1. The van der Waals surface area contributed by atoms with Gasteiger partial charge in [-0.05, 0) is 24.3 Å². The highest BCUT2D eigenvalue weighted by atomic mass is 79.9. The summed E-state index contributed by atoms with van der Waals surface area (Å²) in [7, 11) is 0. The number of anilines is 1. The Labute approximate surface area is 129 Å². The summed E-state index contributed by atoms with van der Waals surface area (Å²) in [6, 6.07) is 16.3. The lowest BCUT2D eigenvalue weighted by molar-refractivity contribution is 1.02. The van der Waals surface area contributed by atoms with Crippen molar-refractivity contribution >= 4 is 32.5 Å². The molecule has 2 N–H and O–H groups in total. The van der Waals surface area contributed by atoms with Crippen molar-refractivity contribution in [1.29, 1.82) is 5.26 Å². The van der Waals surface area contributed by atoms with Crippen molar-refractivity contribution in [2.24, 2.45) is 0 Å². The molecule has 4 nitrogen and oxygen atoms in total. The highest BCUT2D eigenvalue weighted by molar-refractivity contribution is 9.10. The SMILES string of the molecule is N#Cc1c(N)n(-c2cccc(Br)c2)c(=O)c2ccccc12. The van der Waals surface area contributed by atoms with Gasteiger partial charge >= 0.3 is 0 Å². The highest BCUT2D eigenvalue weighted by Gasteiger charge is 2.15. The van der Waals surface area contributed by atoms with E-state index < -0.39 is 0 Å². The Bertz CT molecular complexity index is 954. The van der Waals surface area contributed by atoms with E-state index in [1.807, 2.05) is 12.1 Å². The molecule has 102 valence electrons. The molecule has 3 rings (SSSR count). The van der Waals surface area contributed by atoms with Gasteiger partial charge in [0, 0.05) is 15.2 Å². The molecule has 1 aromatic heterocycles. The van der Waals surface area contributed by atoms with Gasteiger partial charge in [0.25, 0.3) is 5.56 Å². The largest absolute Gasteiger partial charge is 0.384 e. The first-order valence-corrected chi connectivity index (χ1v) is 7.02. The number of hydrogen-bond donors (Lipinski definition) is 1. The molecule has 2 aromatic carbocycles. The second kappa shape index (κ2) is 5.08. The minimum absolute atomic E-state index is 0.152. The van der Waals surface area contributed by atoms with Crippen molar-refractivity contribution in [1.82, 2.24) is 4.57 Å². The van der Waals surface area contributed by atoms with Crippen LogP contribution in [0.5, 0.6) is 0 Å². The number of nitrogens with two attached hydrogens (primary N) is 1. The fourth-order valence-corrected chi connectivity index (χ4v) is 2.74. The lowest BCUT2D eigenvalue weighted by atomic mass is 10.1. The molecule has 0 fully saturated rings. The number of fused-ring (bicyclic) bond motifs is 1. The van der Waals surface area contributed by atoms with Gasteiger partial charge in [0.05, 0.1) is 5.69 Å². The van der Waals surface area contributed by atoms with Crippen LogP contribution in [0.1, 0.15) is 5.56 Å².